The molecule has 20 heavy (non-hydrogen) atoms. The van der Waals surface area contributed by atoms with E-state index in [9.17, 15) is 8.78 Å². The molecule has 1 aliphatic rings. The highest BCUT2D eigenvalue weighted by atomic mass is 19.1. The first kappa shape index (κ1) is 15.2. The molecule has 0 radical (unpaired) electrons. The smallest absolute Gasteiger partial charge is 0.146 e. The van der Waals surface area contributed by atoms with Gasteiger partial charge in [-0.05, 0) is 37.9 Å². The first-order valence-corrected chi connectivity index (χ1v) is 7.24. The number of nitrogens with zero attached hydrogens (tertiary/aromatic N) is 2. The van der Waals surface area contributed by atoms with Gasteiger partial charge in [0.1, 0.15) is 11.6 Å². The molecule has 0 aliphatic carbocycles. The number of hydrogen-bond acceptors (Lipinski definition) is 3. The van der Waals surface area contributed by atoms with Gasteiger partial charge in [0.2, 0.25) is 0 Å². The fourth-order valence-corrected chi connectivity index (χ4v) is 2.56. The quantitative estimate of drug-likeness (QED) is 0.812. The molecule has 0 aromatic heterocycles. The normalized spacial score (nSPS) is 16.6. The topological polar surface area (TPSA) is 26.7 Å². The van der Waals surface area contributed by atoms with Crippen molar-refractivity contribution in [3.05, 3.63) is 29.8 Å². The van der Waals surface area contributed by atoms with Crippen molar-refractivity contribution in [2.24, 2.45) is 0 Å². The Bertz CT molecular complexity index is 420. The van der Waals surface area contributed by atoms with Gasteiger partial charge < -0.3 is 10.0 Å². The summed E-state index contributed by atoms with van der Waals surface area (Å²) in [5.41, 5.74) is 0.366. The second kappa shape index (κ2) is 7.55. The predicted molar refractivity (Wildman–Crippen MR) is 75.9 cm³/mol. The molecule has 1 N–H and O–H groups in total. The summed E-state index contributed by atoms with van der Waals surface area (Å²) < 4.78 is 26.9. The Hall–Kier alpha value is -1.20. The van der Waals surface area contributed by atoms with Crippen molar-refractivity contribution in [1.82, 2.24) is 4.90 Å². The van der Waals surface area contributed by atoms with Gasteiger partial charge in [0.25, 0.3) is 0 Å². The zero-order chi connectivity index (χ0) is 14.4. The molecule has 1 heterocycles. The van der Waals surface area contributed by atoms with E-state index >= 15 is 0 Å². The Morgan fingerprint density at radius 1 is 1.00 bits per heavy atom. The van der Waals surface area contributed by atoms with Gasteiger partial charge in [-0.3, -0.25) is 4.90 Å². The summed E-state index contributed by atoms with van der Waals surface area (Å²) in [6.45, 7) is 4.46. The minimum atomic E-state index is -0.396. The van der Waals surface area contributed by atoms with E-state index in [0.717, 1.165) is 58.1 Å². The van der Waals surface area contributed by atoms with Gasteiger partial charge in [0, 0.05) is 38.9 Å². The van der Waals surface area contributed by atoms with Crippen LogP contribution in [-0.2, 0) is 0 Å². The van der Waals surface area contributed by atoms with Crippen LogP contribution in [0.2, 0.25) is 0 Å². The van der Waals surface area contributed by atoms with Gasteiger partial charge in [0.15, 0.2) is 0 Å². The number of benzene rings is 1. The molecule has 3 nitrogen and oxygen atoms in total. The fourth-order valence-electron chi connectivity index (χ4n) is 2.56. The number of unbranched alkanes of at least 4 members (excludes halogenated alkanes) is 2. The maximum Gasteiger partial charge on any atom is 0.146 e. The predicted octanol–water partition coefficient (Wildman–Crippen LogP) is 2.25. The summed E-state index contributed by atoms with van der Waals surface area (Å²) >= 11 is 0. The first-order chi connectivity index (χ1) is 9.70. The third-order valence-corrected chi connectivity index (χ3v) is 3.75. The van der Waals surface area contributed by atoms with E-state index in [4.69, 9.17) is 5.11 Å². The molecule has 1 saturated heterocycles. The molecule has 0 amide bonds. The molecule has 0 atom stereocenters. The zero-order valence-electron chi connectivity index (χ0n) is 11.7. The van der Waals surface area contributed by atoms with Crippen molar-refractivity contribution in [2.45, 2.75) is 19.3 Å². The van der Waals surface area contributed by atoms with Crippen LogP contribution in [0.25, 0.3) is 0 Å². The first-order valence-electron chi connectivity index (χ1n) is 7.24. The Morgan fingerprint density at radius 3 is 2.45 bits per heavy atom. The number of hydrogen-bond donors (Lipinski definition) is 1. The summed E-state index contributed by atoms with van der Waals surface area (Å²) in [6, 6.07) is 3.61. The maximum atomic E-state index is 13.7. The molecule has 1 fully saturated rings. The number of rotatable bonds is 6. The Kier molecular flexibility index (Phi) is 5.73. The van der Waals surface area contributed by atoms with Crippen molar-refractivity contribution in [3.8, 4) is 0 Å². The van der Waals surface area contributed by atoms with Crippen LogP contribution >= 0.6 is 0 Å². The average molecular weight is 284 g/mol. The fraction of sp³-hybridized carbons (Fsp3) is 0.600. The summed E-state index contributed by atoms with van der Waals surface area (Å²) in [6.07, 6.45) is 2.97. The lowest BCUT2D eigenvalue weighted by Gasteiger charge is -2.36. The third-order valence-electron chi connectivity index (χ3n) is 3.75. The highest BCUT2D eigenvalue weighted by molar-refractivity contribution is 5.48. The van der Waals surface area contributed by atoms with Gasteiger partial charge in [-0.25, -0.2) is 8.78 Å². The van der Waals surface area contributed by atoms with E-state index in [1.165, 1.54) is 12.1 Å². The van der Waals surface area contributed by atoms with Crippen molar-refractivity contribution in [2.75, 3.05) is 44.2 Å². The van der Waals surface area contributed by atoms with Crippen LogP contribution in [0.4, 0.5) is 14.5 Å². The van der Waals surface area contributed by atoms with Crippen LogP contribution in [0, 0.1) is 11.6 Å². The van der Waals surface area contributed by atoms with Gasteiger partial charge in [0.05, 0.1) is 5.69 Å². The average Bonchev–Trinajstić information content (AvgIpc) is 2.47. The largest absolute Gasteiger partial charge is 0.396 e. The lowest BCUT2D eigenvalue weighted by Crippen LogP contribution is -2.46. The second-order valence-corrected chi connectivity index (χ2v) is 5.21. The molecule has 0 spiro atoms. The van der Waals surface area contributed by atoms with E-state index in [2.05, 4.69) is 4.90 Å². The van der Waals surface area contributed by atoms with Crippen molar-refractivity contribution < 1.29 is 13.9 Å². The Balaban J connectivity index is 1.80. The van der Waals surface area contributed by atoms with Crippen LogP contribution in [0.3, 0.4) is 0 Å². The third kappa shape index (κ3) is 4.15. The van der Waals surface area contributed by atoms with Crippen molar-refractivity contribution in [1.29, 1.82) is 0 Å². The van der Waals surface area contributed by atoms with Crippen LogP contribution in [0.15, 0.2) is 18.2 Å². The lowest BCUT2D eigenvalue weighted by molar-refractivity contribution is 0.242. The van der Waals surface area contributed by atoms with Crippen molar-refractivity contribution in [3.63, 3.8) is 0 Å². The van der Waals surface area contributed by atoms with Crippen molar-refractivity contribution >= 4 is 5.69 Å². The summed E-state index contributed by atoms with van der Waals surface area (Å²) in [7, 11) is 0. The molecule has 112 valence electrons. The van der Waals surface area contributed by atoms with Crippen LogP contribution in [0.5, 0.6) is 0 Å². The molecular weight excluding hydrogens is 262 g/mol. The SMILES string of the molecule is OCCCCCN1CCN(c2cc(F)ccc2F)CC1. The van der Waals surface area contributed by atoms with Gasteiger partial charge in [-0.2, -0.15) is 0 Å². The highest BCUT2D eigenvalue weighted by Crippen LogP contribution is 2.21. The highest BCUT2D eigenvalue weighted by Gasteiger charge is 2.19. The Morgan fingerprint density at radius 2 is 1.75 bits per heavy atom. The van der Waals surface area contributed by atoms with Crippen LogP contribution < -0.4 is 4.90 Å². The molecule has 2 rings (SSSR count). The molecule has 1 aliphatic heterocycles. The lowest BCUT2D eigenvalue weighted by atomic mass is 10.2. The number of halogens is 2. The summed E-state index contributed by atoms with van der Waals surface area (Å²) in [5, 5.41) is 8.73. The molecule has 5 heteroatoms. The molecule has 0 unspecified atom stereocenters. The van der Waals surface area contributed by atoms with Gasteiger partial charge >= 0.3 is 0 Å². The number of anilines is 1. The maximum absolute atomic E-state index is 13.7. The monoisotopic (exact) mass is 284 g/mol. The van der Waals surface area contributed by atoms with E-state index < -0.39 is 5.82 Å². The number of aliphatic hydroxyl groups is 1. The second-order valence-electron chi connectivity index (χ2n) is 5.21. The summed E-state index contributed by atoms with van der Waals surface area (Å²) in [4.78, 5) is 4.24. The van der Waals surface area contributed by atoms with E-state index in [0.29, 0.717) is 5.69 Å². The van der Waals surface area contributed by atoms with Crippen LogP contribution in [-0.4, -0.2) is 49.3 Å². The Labute approximate surface area is 118 Å². The molecule has 1 aromatic rings. The van der Waals surface area contributed by atoms with E-state index in [1.54, 1.807) is 0 Å². The zero-order valence-corrected chi connectivity index (χ0v) is 11.7. The minimum absolute atomic E-state index is 0.257. The minimum Gasteiger partial charge on any atom is -0.396 e. The number of aliphatic hydroxyl groups excluding tert-OH is 1. The van der Waals surface area contributed by atoms with Gasteiger partial charge in [-0.1, -0.05) is 0 Å². The molecule has 1 aromatic carbocycles. The molecule has 0 saturated carbocycles. The summed E-state index contributed by atoms with van der Waals surface area (Å²) in [5.74, 6) is -0.754. The van der Waals surface area contributed by atoms with E-state index in [-0.39, 0.29) is 12.4 Å². The standard InChI is InChI=1S/C15H22F2N2O/c16-13-4-5-14(17)15(12-13)19-9-7-18(8-10-19)6-2-1-3-11-20/h4-5,12,20H,1-3,6-11H2. The van der Waals surface area contributed by atoms with Gasteiger partial charge in [-0.15, -0.1) is 0 Å². The molecule has 0 bridgehead atoms. The molecular formula is C15H22F2N2O. The van der Waals surface area contributed by atoms with E-state index in [1.807, 2.05) is 4.90 Å². The van der Waals surface area contributed by atoms with Crippen LogP contribution in [0.1, 0.15) is 19.3 Å². The number of piperazine rings is 1.